The molecule has 0 atom stereocenters. The maximum Gasteiger partial charge on any atom is 0.224 e. The first-order chi connectivity index (χ1) is 8.20. The number of hydrogen-bond donors (Lipinski definition) is 1. The Morgan fingerprint density at radius 2 is 2.18 bits per heavy atom. The summed E-state index contributed by atoms with van der Waals surface area (Å²) < 4.78 is 1.52. The highest BCUT2D eigenvalue weighted by atomic mass is 35.5. The van der Waals surface area contributed by atoms with Crippen LogP contribution in [-0.2, 0) is 0 Å². The van der Waals surface area contributed by atoms with Gasteiger partial charge in [0.05, 0.1) is 23.6 Å². The normalized spacial score (nSPS) is 10.5. The minimum atomic E-state index is 0.423. The van der Waals surface area contributed by atoms with Gasteiger partial charge in [-0.25, -0.2) is 9.67 Å². The van der Waals surface area contributed by atoms with E-state index < -0.39 is 0 Å². The molecule has 2 aromatic heterocycles. The monoisotopic (exact) mass is 271 g/mol. The molecule has 0 spiro atoms. The topological polar surface area (TPSA) is 55.6 Å². The third-order valence-corrected chi connectivity index (χ3v) is 2.49. The molecule has 0 fully saturated rings. The van der Waals surface area contributed by atoms with Gasteiger partial charge in [-0.2, -0.15) is 10.1 Å². The maximum absolute atomic E-state index is 6.02. The Labute approximate surface area is 109 Å². The van der Waals surface area contributed by atoms with Gasteiger partial charge in [0.25, 0.3) is 0 Å². The summed E-state index contributed by atoms with van der Waals surface area (Å²) in [5, 5.41) is 8.09. The molecule has 17 heavy (non-hydrogen) atoms. The second-order valence-corrected chi connectivity index (χ2v) is 4.24. The second-order valence-electron chi connectivity index (χ2n) is 3.40. The molecule has 2 aromatic rings. The lowest BCUT2D eigenvalue weighted by Gasteiger charge is -2.06. The molecule has 2 rings (SSSR count). The van der Waals surface area contributed by atoms with Gasteiger partial charge < -0.3 is 5.32 Å². The number of halogens is 2. The summed E-state index contributed by atoms with van der Waals surface area (Å²) in [7, 11) is 0. The first kappa shape index (κ1) is 12.1. The van der Waals surface area contributed by atoms with Crippen molar-refractivity contribution >= 4 is 29.2 Å². The van der Waals surface area contributed by atoms with Crippen molar-refractivity contribution in [2.45, 2.75) is 13.3 Å². The Balaban J connectivity index is 2.32. The number of anilines is 1. The van der Waals surface area contributed by atoms with Crippen LogP contribution in [0.4, 0.5) is 5.95 Å². The lowest BCUT2D eigenvalue weighted by Crippen LogP contribution is -2.07. The van der Waals surface area contributed by atoms with Gasteiger partial charge in [-0.3, -0.25) is 0 Å². The molecule has 0 amide bonds. The minimum Gasteiger partial charge on any atom is -0.354 e. The summed E-state index contributed by atoms with van der Waals surface area (Å²) in [6.07, 6.45) is 5.70. The zero-order valence-corrected chi connectivity index (χ0v) is 10.7. The van der Waals surface area contributed by atoms with E-state index >= 15 is 0 Å². The third-order valence-electron chi connectivity index (χ3n) is 2.03. The molecule has 0 saturated carbocycles. The number of rotatable bonds is 4. The lowest BCUT2D eigenvalue weighted by atomic mass is 10.5. The van der Waals surface area contributed by atoms with Gasteiger partial charge in [-0.05, 0) is 6.42 Å². The van der Waals surface area contributed by atoms with Crippen LogP contribution in [0.3, 0.4) is 0 Å². The highest BCUT2D eigenvalue weighted by Gasteiger charge is 2.08. The maximum atomic E-state index is 6.02. The Bertz CT molecular complexity index is 511. The molecule has 0 aliphatic carbocycles. The Morgan fingerprint density at radius 1 is 1.35 bits per heavy atom. The van der Waals surface area contributed by atoms with Crippen molar-refractivity contribution in [1.82, 2.24) is 19.7 Å². The first-order valence-corrected chi connectivity index (χ1v) is 5.93. The van der Waals surface area contributed by atoms with Gasteiger partial charge >= 0.3 is 0 Å². The molecular weight excluding hydrogens is 261 g/mol. The van der Waals surface area contributed by atoms with Gasteiger partial charge in [0.15, 0.2) is 5.82 Å². The lowest BCUT2D eigenvalue weighted by molar-refractivity contribution is 0.836. The minimum absolute atomic E-state index is 0.423. The average molecular weight is 272 g/mol. The summed E-state index contributed by atoms with van der Waals surface area (Å²) in [5.41, 5.74) is 0. The fourth-order valence-electron chi connectivity index (χ4n) is 1.26. The van der Waals surface area contributed by atoms with Crippen molar-refractivity contribution in [3.63, 3.8) is 0 Å². The zero-order chi connectivity index (χ0) is 12.3. The van der Waals surface area contributed by atoms with Gasteiger partial charge in [0.2, 0.25) is 5.95 Å². The van der Waals surface area contributed by atoms with E-state index in [4.69, 9.17) is 23.2 Å². The van der Waals surface area contributed by atoms with Crippen molar-refractivity contribution in [3.8, 4) is 5.82 Å². The zero-order valence-electron chi connectivity index (χ0n) is 9.19. The average Bonchev–Trinajstić information content (AvgIpc) is 2.75. The molecule has 1 N–H and O–H groups in total. The molecule has 2 heterocycles. The molecule has 0 unspecified atom stereocenters. The molecule has 0 aromatic carbocycles. The molecule has 0 radical (unpaired) electrons. The van der Waals surface area contributed by atoms with Crippen molar-refractivity contribution in [2.24, 2.45) is 0 Å². The Morgan fingerprint density at radius 3 is 2.82 bits per heavy atom. The van der Waals surface area contributed by atoms with Crippen LogP contribution in [0.2, 0.25) is 10.0 Å². The SMILES string of the molecule is CCCNc1ncc(Cl)c(-n2cc(Cl)cn2)n1. The Hall–Kier alpha value is -1.33. The van der Waals surface area contributed by atoms with Crippen LogP contribution in [0.25, 0.3) is 5.82 Å². The number of nitrogens with one attached hydrogen (secondary N) is 1. The number of aromatic nitrogens is 4. The predicted molar refractivity (Wildman–Crippen MR) is 68.0 cm³/mol. The molecule has 0 saturated heterocycles. The van der Waals surface area contributed by atoms with Crippen LogP contribution in [0.5, 0.6) is 0 Å². The molecule has 90 valence electrons. The van der Waals surface area contributed by atoms with Crippen LogP contribution >= 0.6 is 23.2 Å². The largest absolute Gasteiger partial charge is 0.354 e. The first-order valence-electron chi connectivity index (χ1n) is 5.17. The van der Waals surface area contributed by atoms with Crippen molar-refractivity contribution in [1.29, 1.82) is 0 Å². The van der Waals surface area contributed by atoms with Gasteiger partial charge in [0.1, 0.15) is 5.02 Å². The predicted octanol–water partition coefficient (Wildman–Crippen LogP) is 2.79. The van der Waals surface area contributed by atoms with E-state index in [-0.39, 0.29) is 0 Å². The number of hydrogen-bond acceptors (Lipinski definition) is 4. The van der Waals surface area contributed by atoms with Crippen molar-refractivity contribution in [3.05, 3.63) is 28.6 Å². The van der Waals surface area contributed by atoms with E-state index in [1.54, 1.807) is 6.20 Å². The second kappa shape index (κ2) is 5.33. The van der Waals surface area contributed by atoms with E-state index in [0.717, 1.165) is 13.0 Å². The van der Waals surface area contributed by atoms with Crippen LogP contribution in [-0.4, -0.2) is 26.3 Å². The van der Waals surface area contributed by atoms with E-state index in [1.807, 2.05) is 0 Å². The smallest absolute Gasteiger partial charge is 0.224 e. The summed E-state index contributed by atoms with van der Waals surface area (Å²) in [6.45, 7) is 2.87. The summed E-state index contributed by atoms with van der Waals surface area (Å²) >= 11 is 11.8. The summed E-state index contributed by atoms with van der Waals surface area (Å²) in [5.74, 6) is 1.03. The summed E-state index contributed by atoms with van der Waals surface area (Å²) in [6, 6.07) is 0. The molecule has 0 aliphatic heterocycles. The van der Waals surface area contributed by atoms with E-state index in [0.29, 0.717) is 21.8 Å². The quantitative estimate of drug-likeness (QED) is 0.929. The molecule has 5 nitrogen and oxygen atoms in total. The van der Waals surface area contributed by atoms with Gasteiger partial charge in [-0.15, -0.1) is 0 Å². The number of nitrogens with zero attached hydrogens (tertiary/aromatic N) is 4. The highest BCUT2D eigenvalue weighted by Crippen LogP contribution is 2.19. The molecular formula is C10H11Cl2N5. The van der Waals surface area contributed by atoms with E-state index in [2.05, 4.69) is 27.3 Å². The van der Waals surface area contributed by atoms with Crippen LogP contribution in [0, 0.1) is 0 Å². The van der Waals surface area contributed by atoms with Crippen LogP contribution in [0.1, 0.15) is 13.3 Å². The van der Waals surface area contributed by atoms with E-state index in [9.17, 15) is 0 Å². The fourth-order valence-corrected chi connectivity index (χ4v) is 1.57. The molecule has 7 heteroatoms. The fraction of sp³-hybridized carbons (Fsp3) is 0.300. The van der Waals surface area contributed by atoms with Gasteiger partial charge in [-0.1, -0.05) is 30.1 Å². The Kier molecular flexibility index (Phi) is 3.81. The van der Waals surface area contributed by atoms with E-state index in [1.165, 1.54) is 17.1 Å². The van der Waals surface area contributed by atoms with Crippen molar-refractivity contribution < 1.29 is 0 Å². The molecule has 0 bridgehead atoms. The highest BCUT2D eigenvalue weighted by molar-refractivity contribution is 6.32. The molecule has 0 aliphatic rings. The van der Waals surface area contributed by atoms with Crippen LogP contribution in [0.15, 0.2) is 18.6 Å². The van der Waals surface area contributed by atoms with Gasteiger partial charge in [0, 0.05) is 6.54 Å². The standard InChI is InChI=1S/C10H11Cl2N5/c1-2-3-13-10-14-5-8(12)9(16-10)17-6-7(11)4-15-17/h4-6H,2-3H2,1H3,(H,13,14,16). The summed E-state index contributed by atoms with van der Waals surface area (Å²) in [4.78, 5) is 8.36. The third kappa shape index (κ3) is 2.87. The van der Waals surface area contributed by atoms with Crippen LogP contribution < -0.4 is 5.32 Å². The van der Waals surface area contributed by atoms with Crippen molar-refractivity contribution in [2.75, 3.05) is 11.9 Å².